The fraction of sp³-hybridized carbons (Fsp3) is 0.357. The van der Waals surface area contributed by atoms with Crippen molar-refractivity contribution >= 4 is 26.8 Å². The molecule has 0 spiro atoms. The molecule has 0 N–H and O–H groups in total. The molecule has 94 valence electrons. The van der Waals surface area contributed by atoms with Crippen LogP contribution in [0.25, 0.3) is 10.9 Å². The first-order valence-electron chi connectivity index (χ1n) is 5.99. The Bertz CT molecular complexity index is 705. The van der Waals surface area contributed by atoms with Gasteiger partial charge >= 0.3 is 0 Å². The minimum atomic E-state index is -0.0453. The number of benzene rings is 1. The van der Waals surface area contributed by atoms with E-state index in [1.165, 1.54) is 0 Å². The van der Waals surface area contributed by atoms with Crippen LogP contribution in [0.1, 0.15) is 25.3 Å². The van der Waals surface area contributed by atoms with Crippen molar-refractivity contribution in [2.75, 3.05) is 0 Å². The molecule has 18 heavy (non-hydrogen) atoms. The Morgan fingerprint density at radius 1 is 1.33 bits per heavy atom. The Hall–Kier alpha value is -1.29. The van der Waals surface area contributed by atoms with Crippen LogP contribution in [0.3, 0.4) is 0 Å². The standard InChI is InChI=1S/C14H14BrNO2/c1-7-8(2)18-13-12(7)10-6-9(15)4-5-11(10)16(3)14(13)17/h4-8H,1-3H3. The van der Waals surface area contributed by atoms with E-state index in [1.807, 2.05) is 19.1 Å². The molecule has 1 aliphatic heterocycles. The van der Waals surface area contributed by atoms with Crippen LogP contribution in [-0.4, -0.2) is 10.7 Å². The summed E-state index contributed by atoms with van der Waals surface area (Å²) in [6.45, 7) is 4.12. The van der Waals surface area contributed by atoms with Crippen LogP contribution in [0.15, 0.2) is 27.5 Å². The lowest BCUT2D eigenvalue weighted by Gasteiger charge is -2.11. The summed E-state index contributed by atoms with van der Waals surface area (Å²) in [6, 6.07) is 5.99. The first-order valence-corrected chi connectivity index (χ1v) is 6.79. The minimum absolute atomic E-state index is 0.0453. The van der Waals surface area contributed by atoms with E-state index in [4.69, 9.17) is 4.74 Å². The van der Waals surface area contributed by atoms with Gasteiger partial charge in [-0.25, -0.2) is 0 Å². The van der Waals surface area contributed by atoms with Gasteiger partial charge in [0, 0.05) is 28.4 Å². The smallest absolute Gasteiger partial charge is 0.293 e. The molecule has 3 nitrogen and oxygen atoms in total. The first-order chi connectivity index (χ1) is 8.50. The topological polar surface area (TPSA) is 31.2 Å². The molecule has 0 radical (unpaired) electrons. The molecule has 0 bridgehead atoms. The summed E-state index contributed by atoms with van der Waals surface area (Å²) < 4.78 is 8.40. The van der Waals surface area contributed by atoms with Crippen LogP contribution in [0, 0.1) is 0 Å². The second-order valence-electron chi connectivity index (χ2n) is 4.88. The van der Waals surface area contributed by atoms with E-state index >= 15 is 0 Å². The van der Waals surface area contributed by atoms with Gasteiger partial charge in [0.15, 0.2) is 5.75 Å². The number of aromatic nitrogens is 1. The largest absolute Gasteiger partial charge is 0.484 e. The Morgan fingerprint density at radius 2 is 2.06 bits per heavy atom. The van der Waals surface area contributed by atoms with Crippen molar-refractivity contribution in [2.45, 2.75) is 25.9 Å². The molecule has 1 aromatic heterocycles. The summed E-state index contributed by atoms with van der Waals surface area (Å²) in [5.41, 5.74) is 1.95. The summed E-state index contributed by atoms with van der Waals surface area (Å²) in [7, 11) is 1.79. The van der Waals surface area contributed by atoms with Crippen LogP contribution in [-0.2, 0) is 7.05 Å². The lowest BCUT2D eigenvalue weighted by Crippen LogP contribution is -2.19. The van der Waals surface area contributed by atoms with E-state index in [1.54, 1.807) is 11.6 Å². The molecule has 0 saturated carbocycles. The number of hydrogen-bond donors (Lipinski definition) is 0. The van der Waals surface area contributed by atoms with Crippen LogP contribution in [0.5, 0.6) is 5.75 Å². The molecule has 1 aromatic carbocycles. The third-order valence-electron chi connectivity index (χ3n) is 3.82. The Balaban J connectivity index is 2.51. The van der Waals surface area contributed by atoms with Crippen LogP contribution in [0.2, 0.25) is 0 Å². The van der Waals surface area contributed by atoms with E-state index < -0.39 is 0 Å². The quantitative estimate of drug-likeness (QED) is 0.748. The first kappa shape index (κ1) is 11.8. The summed E-state index contributed by atoms with van der Waals surface area (Å²) in [4.78, 5) is 12.3. The molecule has 2 unspecified atom stereocenters. The van der Waals surface area contributed by atoms with Gasteiger partial charge in [0.25, 0.3) is 5.56 Å². The molecule has 0 aliphatic carbocycles. The summed E-state index contributed by atoms with van der Waals surface area (Å²) in [5.74, 6) is 0.758. The number of aryl methyl sites for hydroxylation is 1. The van der Waals surface area contributed by atoms with E-state index in [-0.39, 0.29) is 17.6 Å². The van der Waals surface area contributed by atoms with E-state index in [0.717, 1.165) is 20.9 Å². The van der Waals surface area contributed by atoms with Crippen molar-refractivity contribution in [3.63, 3.8) is 0 Å². The molecular weight excluding hydrogens is 294 g/mol. The van der Waals surface area contributed by atoms with Gasteiger partial charge in [-0.2, -0.15) is 0 Å². The highest BCUT2D eigenvalue weighted by Gasteiger charge is 2.32. The summed E-state index contributed by atoms with van der Waals surface area (Å²) >= 11 is 3.49. The zero-order valence-corrected chi connectivity index (χ0v) is 12.1. The van der Waals surface area contributed by atoms with Gasteiger partial charge in [-0.15, -0.1) is 0 Å². The molecule has 0 saturated heterocycles. The van der Waals surface area contributed by atoms with Crippen molar-refractivity contribution in [1.82, 2.24) is 4.57 Å². The zero-order valence-electron chi connectivity index (χ0n) is 10.5. The fourth-order valence-corrected chi connectivity index (χ4v) is 2.97. The van der Waals surface area contributed by atoms with Crippen LogP contribution >= 0.6 is 15.9 Å². The highest BCUT2D eigenvalue weighted by atomic mass is 79.9. The van der Waals surface area contributed by atoms with Gasteiger partial charge in [-0.1, -0.05) is 22.9 Å². The Labute approximate surface area is 114 Å². The monoisotopic (exact) mass is 307 g/mol. The molecule has 0 fully saturated rings. The molecule has 4 heteroatoms. The minimum Gasteiger partial charge on any atom is -0.484 e. The normalized spacial score (nSPS) is 22.0. The number of ether oxygens (including phenoxy) is 1. The number of fused-ring (bicyclic) bond motifs is 3. The van der Waals surface area contributed by atoms with Crippen LogP contribution in [0.4, 0.5) is 0 Å². The maximum absolute atomic E-state index is 12.3. The second kappa shape index (κ2) is 3.85. The van der Waals surface area contributed by atoms with Gasteiger partial charge in [0.2, 0.25) is 0 Å². The summed E-state index contributed by atoms with van der Waals surface area (Å²) in [6.07, 6.45) is 0.0530. The maximum atomic E-state index is 12.3. The third-order valence-corrected chi connectivity index (χ3v) is 4.31. The maximum Gasteiger partial charge on any atom is 0.293 e. The number of halogens is 1. The molecular formula is C14H14BrNO2. The van der Waals surface area contributed by atoms with Gasteiger partial charge in [-0.05, 0) is 25.1 Å². The second-order valence-corrected chi connectivity index (χ2v) is 5.80. The van der Waals surface area contributed by atoms with E-state index in [9.17, 15) is 4.79 Å². The van der Waals surface area contributed by atoms with Gasteiger partial charge in [0.05, 0.1) is 5.52 Å². The highest BCUT2D eigenvalue weighted by Crippen LogP contribution is 2.40. The Kier molecular flexibility index (Phi) is 2.52. The molecule has 2 atom stereocenters. The molecule has 2 aromatic rings. The van der Waals surface area contributed by atoms with E-state index in [2.05, 4.69) is 28.9 Å². The highest BCUT2D eigenvalue weighted by molar-refractivity contribution is 9.10. The number of rotatable bonds is 0. The van der Waals surface area contributed by atoms with Crippen molar-refractivity contribution in [2.24, 2.45) is 7.05 Å². The SMILES string of the molecule is CC1Oc2c(c3cc(Br)ccc3n(C)c2=O)C1C. The Morgan fingerprint density at radius 3 is 2.78 bits per heavy atom. The molecule has 3 rings (SSSR count). The van der Waals surface area contributed by atoms with Crippen molar-refractivity contribution in [3.05, 3.63) is 38.6 Å². The average molecular weight is 308 g/mol. The van der Waals surface area contributed by atoms with Crippen LogP contribution < -0.4 is 10.3 Å². The predicted molar refractivity (Wildman–Crippen MR) is 75.4 cm³/mol. The van der Waals surface area contributed by atoms with Crippen molar-refractivity contribution in [1.29, 1.82) is 0 Å². The number of pyridine rings is 1. The van der Waals surface area contributed by atoms with Gasteiger partial charge in [0.1, 0.15) is 6.10 Å². The fourth-order valence-electron chi connectivity index (χ4n) is 2.60. The average Bonchev–Trinajstić information content (AvgIpc) is 2.63. The lowest BCUT2D eigenvalue weighted by atomic mass is 9.95. The number of nitrogens with zero attached hydrogens (tertiary/aromatic N) is 1. The zero-order chi connectivity index (χ0) is 13.0. The number of hydrogen-bond acceptors (Lipinski definition) is 2. The van der Waals surface area contributed by atoms with Gasteiger partial charge in [-0.3, -0.25) is 4.79 Å². The van der Waals surface area contributed by atoms with Crippen molar-refractivity contribution < 1.29 is 4.74 Å². The third kappa shape index (κ3) is 1.45. The molecule has 2 heterocycles. The van der Waals surface area contributed by atoms with Gasteiger partial charge < -0.3 is 9.30 Å². The predicted octanol–water partition coefficient (Wildman–Crippen LogP) is 3.19. The summed E-state index contributed by atoms with van der Waals surface area (Å²) in [5, 5.41) is 1.10. The van der Waals surface area contributed by atoms with Crippen molar-refractivity contribution in [3.8, 4) is 5.75 Å². The molecule has 0 amide bonds. The van der Waals surface area contributed by atoms with E-state index in [0.29, 0.717) is 5.75 Å². The lowest BCUT2D eigenvalue weighted by molar-refractivity contribution is 0.229. The molecule has 1 aliphatic rings.